The van der Waals surface area contributed by atoms with Crippen LogP contribution in [-0.4, -0.2) is 35.7 Å². The van der Waals surface area contributed by atoms with Crippen LogP contribution < -0.4 is 10.0 Å². The molecule has 1 fully saturated rings. The van der Waals surface area contributed by atoms with Gasteiger partial charge in [-0.15, -0.1) is 11.3 Å². The molecule has 0 bridgehead atoms. The normalized spacial score (nSPS) is 14.5. The highest BCUT2D eigenvalue weighted by Crippen LogP contribution is 2.32. The molecule has 0 spiro atoms. The van der Waals surface area contributed by atoms with Gasteiger partial charge in [0.1, 0.15) is 23.6 Å². The number of aromatic nitrogens is 1. The number of thiazole rings is 1. The molecule has 0 unspecified atom stereocenters. The molecule has 31 heavy (non-hydrogen) atoms. The fourth-order valence-corrected chi connectivity index (χ4v) is 4.71. The molecule has 4 nitrogen and oxygen atoms in total. The van der Waals surface area contributed by atoms with Crippen LogP contribution >= 0.6 is 34.9 Å². The fourth-order valence-electron chi connectivity index (χ4n) is 3.20. The Morgan fingerprint density at radius 3 is 2.77 bits per heavy atom. The van der Waals surface area contributed by atoms with Gasteiger partial charge in [-0.3, -0.25) is 4.90 Å². The standard InChI is InChI=1S/C21H20ClF3N4S2/c22-16-6-20(31-28-21-11-30-12-27-21)18(25)7-19(16)26-8-14-5-13(1-2-17(14)24)3-4-29-9-15(23)10-29/h1-2,5-7,11-12,15,26,28H,3-4,8-10H2. The van der Waals surface area contributed by atoms with E-state index in [1.165, 1.54) is 29.5 Å². The van der Waals surface area contributed by atoms with E-state index in [1.807, 2.05) is 10.3 Å². The first-order chi connectivity index (χ1) is 15.0. The number of alkyl halides is 1. The molecule has 1 aliphatic heterocycles. The summed E-state index contributed by atoms with van der Waals surface area (Å²) in [4.78, 5) is 6.43. The molecule has 0 atom stereocenters. The van der Waals surface area contributed by atoms with Crippen LogP contribution in [-0.2, 0) is 13.0 Å². The van der Waals surface area contributed by atoms with E-state index in [0.29, 0.717) is 46.5 Å². The van der Waals surface area contributed by atoms with Crippen molar-refractivity contribution in [2.24, 2.45) is 0 Å². The highest BCUT2D eigenvalue weighted by molar-refractivity contribution is 8.00. The second-order valence-electron chi connectivity index (χ2n) is 7.23. The summed E-state index contributed by atoms with van der Waals surface area (Å²) in [6.07, 6.45) is -0.0150. The quantitative estimate of drug-likeness (QED) is 0.364. The maximum absolute atomic E-state index is 14.5. The zero-order valence-electron chi connectivity index (χ0n) is 16.4. The molecule has 1 aromatic heterocycles. The van der Waals surface area contributed by atoms with Gasteiger partial charge in [-0.25, -0.2) is 18.2 Å². The molecule has 3 aromatic rings. The van der Waals surface area contributed by atoms with Crippen LogP contribution in [0.1, 0.15) is 11.1 Å². The Balaban J connectivity index is 1.36. The van der Waals surface area contributed by atoms with E-state index < -0.39 is 12.0 Å². The van der Waals surface area contributed by atoms with Gasteiger partial charge in [0.05, 0.1) is 21.1 Å². The van der Waals surface area contributed by atoms with E-state index in [9.17, 15) is 13.2 Å². The number of rotatable bonds is 9. The van der Waals surface area contributed by atoms with Crippen molar-refractivity contribution >= 4 is 46.4 Å². The number of anilines is 2. The van der Waals surface area contributed by atoms with Crippen LogP contribution in [0.4, 0.5) is 24.7 Å². The molecule has 1 aliphatic rings. The fraction of sp³-hybridized carbons (Fsp3) is 0.286. The Morgan fingerprint density at radius 1 is 1.19 bits per heavy atom. The topological polar surface area (TPSA) is 40.2 Å². The maximum Gasteiger partial charge on any atom is 0.147 e. The Kier molecular flexibility index (Phi) is 7.27. The number of likely N-dealkylation sites (tertiary alicyclic amines) is 1. The lowest BCUT2D eigenvalue weighted by Gasteiger charge is -2.34. The van der Waals surface area contributed by atoms with Crippen LogP contribution in [0.2, 0.25) is 5.02 Å². The number of benzene rings is 2. The molecule has 164 valence electrons. The van der Waals surface area contributed by atoms with Crippen molar-refractivity contribution in [1.29, 1.82) is 0 Å². The Bertz CT molecular complexity index is 1030. The summed E-state index contributed by atoms with van der Waals surface area (Å²) >= 11 is 8.82. The van der Waals surface area contributed by atoms with Gasteiger partial charge in [0.15, 0.2) is 0 Å². The lowest BCUT2D eigenvalue weighted by Crippen LogP contribution is -2.48. The molecule has 0 saturated carbocycles. The van der Waals surface area contributed by atoms with E-state index in [0.717, 1.165) is 24.1 Å². The Morgan fingerprint density at radius 2 is 2.03 bits per heavy atom. The summed E-state index contributed by atoms with van der Waals surface area (Å²) in [5.41, 5.74) is 3.50. The van der Waals surface area contributed by atoms with Crippen molar-refractivity contribution in [1.82, 2.24) is 9.88 Å². The van der Waals surface area contributed by atoms with Gasteiger partial charge in [-0.1, -0.05) is 23.7 Å². The molecule has 0 amide bonds. The highest BCUT2D eigenvalue weighted by Gasteiger charge is 2.25. The first kappa shape index (κ1) is 22.3. The number of hydrogen-bond donors (Lipinski definition) is 2. The lowest BCUT2D eigenvalue weighted by molar-refractivity contribution is 0.0670. The molecule has 2 N–H and O–H groups in total. The van der Waals surface area contributed by atoms with E-state index >= 15 is 0 Å². The molecule has 2 heterocycles. The highest BCUT2D eigenvalue weighted by atomic mass is 35.5. The smallest absolute Gasteiger partial charge is 0.147 e. The molecule has 0 aliphatic carbocycles. The van der Waals surface area contributed by atoms with Gasteiger partial charge in [0, 0.05) is 37.1 Å². The molecular formula is C21H20ClF3N4S2. The van der Waals surface area contributed by atoms with Crippen molar-refractivity contribution < 1.29 is 13.2 Å². The summed E-state index contributed by atoms with van der Waals surface area (Å²) in [5.74, 6) is -0.156. The van der Waals surface area contributed by atoms with E-state index in [1.54, 1.807) is 17.6 Å². The van der Waals surface area contributed by atoms with Gasteiger partial charge in [0.25, 0.3) is 0 Å². The predicted molar refractivity (Wildman–Crippen MR) is 122 cm³/mol. The third-order valence-electron chi connectivity index (χ3n) is 4.93. The molecule has 4 rings (SSSR count). The number of nitrogens with one attached hydrogen (secondary N) is 2. The second-order valence-corrected chi connectivity index (χ2v) is 9.20. The molecule has 0 radical (unpaired) electrons. The zero-order chi connectivity index (χ0) is 21.8. The predicted octanol–water partition coefficient (Wildman–Crippen LogP) is 6.00. The molecule has 2 aromatic carbocycles. The summed E-state index contributed by atoms with van der Waals surface area (Å²) < 4.78 is 44.6. The third-order valence-corrected chi connectivity index (χ3v) is 6.67. The van der Waals surface area contributed by atoms with Crippen molar-refractivity contribution in [3.8, 4) is 0 Å². The number of nitrogens with zero attached hydrogens (tertiary/aromatic N) is 2. The molecular weight excluding hydrogens is 465 g/mol. The van der Waals surface area contributed by atoms with Crippen LogP contribution in [0.5, 0.6) is 0 Å². The maximum atomic E-state index is 14.5. The molecule has 10 heteroatoms. The van der Waals surface area contributed by atoms with Crippen LogP contribution in [0.15, 0.2) is 46.1 Å². The number of halogens is 4. The van der Waals surface area contributed by atoms with Gasteiger partial charge < -0.3 is 10.0 Å². The average molecular weight is 485 g/mol. The minimum atomic E-state index is -0.731. The second kappa shape index (κ2) is 10.1. The first-order valence-corrected chi connectivity index (χ1v) is 11.8. The Labute approximate surface area is 192 Å². The minimum Gasteiger partial charge on any atom is -0.380 e. The van der Waals surface area contributed by atoms with Gasteiger partial charge >= 0.3 is 0 Å². The first-order valence-electron chi connectivity index (χ1n) is 9.65. The van der Waals surface area contributed by atoms with E-state index in [-0.39, 0.29) is 12.4 Å². The summed E-state index contributed by atoms with van der Waals surface area (Å²) in [6.45, 7) is 1.84. The SMILES string of the molecule is Fc1ccc(CCN2CC(F)C2)cc1CNc1cc(F)c(SNc2cscn2)cc1Cl. The van der Waals surface area contributed by atoms with Crippen molar-refractivity contribution in [2.75, 3.05) is 29.7 Å². The van der Waals surface area contributed by atoms with Crippen molar-refractivity contribution in [3.63, 3.8) is 0 Å². The van der Waals surface area contributed by atoms with Crippen LogP contribution in [0, 0.1) is 11.6 Å². The van der Waals surface area contributed by atoms with Gasteiger partial charge in [0.2, 0.25) is 0 Å². The Hall–Kier alpha value is -1.94. The monoisotopic (exact) mass is 484 g/mol. The summed E-state index contributed by atoms with van der Waals surface area (Å²) in [6, 6.07) is 7.75. The number of hydrogen-bond acceptors (Lipinski definition) is 6. The van der Waals surface area contributed by atoms with Crippen molar-refractivity contribution in [3.05, 3.63) is 69.0 Å². The average Bonchev–Trinajstić information content (AvgIpc) is 3.25. The van der Waals surface area contributed by atoms with Crippen molar-refractivity contribution in [2.45, 2.75) is 24.0 Å². The van der Waals surface area contributed by atoms with Gasteiger partial charge in [-0.05, 0) is 42.1 Å². The van der Waals surface area contributed by atoms with Crippen LogP contribution in [0.25, 0.3) is 0 Å². The lowest BCUT2D eigenvalue weighted by atomic mass is 10.1. The third kappa shape index (κ3) is 5.85. The largest absolute Gasteiger partial charge is 0.380 e. The van der Waals surface area contributed by atoms with Gasteiger partial charge in [-0.2, -0.15) is 0 Å². The van der Waals surface area contributed by atoms with E-state index in [2.05, 4.69) is 15.0 Å². The zero-order valence-corrected chi connectivity index (χ0v) is 18.8. The summed E-state index contributed by atoms with van der Waals surface area (Å²) in [7, 11) is 0. The molecule has 1 saturated heterocycles. The van der Waals surface area contributed by atoms with Crippen LogP contribution in [0.3, 0.4) is 0 Å². The van der Waals surface area contributed by atoms with E-state index in [4.69, 9.17) is 11.6 Å². The minimum absolute atomic E-state index is 0.165. The summed E-state index contributed by atoms with van der Waals surface area (Å²) in [5, 5.41) is 5.16.